The lowest BCUT2D eigenvalue weighted by molar-refractivity contribution is -0.161. The first kappa shape index (κ1) is 18.4. The highest BCUT2D eigenvalue weighted by atomic mass is 16.7. The van der Waals surface area contributed by atoms with Crippen molar-refractivity contribution in [2.24, 2.45) is 5.92 Å². The van der Waals surface area contributed by atoms with Crippen LogP contribution in [0.3, 0.4) is 0 Å². The zero-order valence-corrected chi connectivity index (χ0v) is 14.2. The van der Waals surface area contributed by atoms with Crippen LogP contribution in [0, 0.1) is 5.92 Å². The molecule has 2 atom stereocenters. The van der Waals surface area contributed by atoms with Gasteiger partial charge in [0.25, 0.3) is 0 Å². The van der Waals surface area contributed by atoms with Crippen LogP contribution in [0.4, 0.5) is 0 Å². The van der Waals surface area contributed by atoms with E-state index in [2.05, 4.69) is 13.8 Å². The van der Waals surface area contributed by atoms with Crippen molar-refractivity contribution in [1.82, 2.24) is 0 Å². The summed E-state index contributed by atoms with van der Waals surface area (Å²) in [5, 5.41) is 0. The van der Waals surface area contributed by atoms with E-state index < -0.39 is 5.79 Å². The van der Waals surface area contributed by atoms with Crippen LogP contribution in [0.1, 0.15) is 72.6 Å². The fraction of sp³-hybridized carbons (Fsp3) is 0.941. The molecular weight excluding hydrogens is 268 g/mol. The monoisotopic (exact) mass is 300 g/mol. The molecule has 0 bridgehead atoms. The van der Waals surface area contributed by atoms with Crippen molar-refractivity contribution in [3.63, 3.8) is 0 Å². The number of unbranched alkanes of at least 4 members (excludes halogenated alkanes) is 3. The Hall–Kier alpha value is -0.610. The summed E-state index contributed by atoms with van der Waals surface area (Å²) < 4.78 is 16.6. The molecule has 1 saturated heterocycles. The summed E-state index contributed by atoms with van der Waals surface area (Å²) in [6, 6.07) is 0. The molecule has 0 saturated carbocycles. The molecule has 4 nitrogen and oxygen atoms in total. The second-order valence-electron chi connectivity index (χ2n) is 6.42. The summed E-state index contributed by atoms with van der Waals surface area (Å²) in [6.07, 6.45) is 7.53. The van der Waals surface area contributed by atoms with E-state index in [1.165, 1.54) is 19.3 Å². The van der Waals surface area contributed by atoms with E-state index in [0.717, 1.165) is 25.7 Å². The first-order valence-corrected chi connectivity index (χ1v) is 8.47. The van der Waals surface area contributed by atoms with Crippen LogP contribution < -0.4 is 0 Å². The summed E-state index contributed by atoms with van der Waals surface area (Å²) in [5.41, 5.74) is 0. The molecule has 0 spiro atoms. The van der Waals surface area contributed by atoms with Crippen molar-refractivity contribution in [1.29, 1.82) is 0 Å². The average Bonchev–Trinajstić information content (AvgIpc) is 2.79. The van der Waals surface area contributed by atoms with Gasteiger partial charge in [0.1, 0.15) is 12.7 Å². The molecule has 1 aliphatic rings. The van der Waals surface area contributed by atoms with Gasteiger partial charge in [-0.05, 0) is 26.7 Å². The van der Waals surface area contributed by atoms with E-state index in [-0.39, 0.29) is 18.0 Å². The van der Waals surface area contributed by atoms with Gasteiger partial charge in [-0.1, -0.05) is 46.0 Å². The van der Waals surface area contributed by atoms with Crippen LogP contribution in [0.15, 0.2) is 0 Å². The van der Waals surface area contributed by atoms with Crippen molar-refractivity contribution < 1.29 is 19.0 Å². The third-order valence-corrected chi connectivity index (χ3v) is 3.86. The normalized spacial score (nSPS) is 22.2. The number of ether oxygens (including phenoxy) is 3. The Morgan fingerprint density at radius 2 is 1.95 bits per heavy atom. The number of esters is 1. The highest BCUT2D eigenvalue weighted by molar-refractivity contribution is 5.72. The highest BCUT2D eigenvalue weighted by Gasteiger charge is 2.33. The van der Waals surface area contributed by atoms with Crippen molar-refractivity contribution >= 4 is 5.97 Å². The van der Waals surface area contributed by atoms with Gasteiger partial charge in [-0.3, -0.25) is 4.79 Å². The quantitative estimate of drug-likeness (QED) is 0.451. The van der Waals surface area contributed by atoms with E-state index in [4.69, 9.17) is 14.2 Å². The molecule has 1 aliphatic heterocycles. The third-order valence-electron chi connectivity index (χ3n) is 3.86. The van der Waals surface area contributed by atoms with Gasteiger partial charge < -0.3 is 14.2 Å². The molecular formula is C17H32O4. The fourth-order valence-corrected chi connectivity index (χ4v) is 2.68. The smallest absolute Gasteiger partial charge is 0.309 e. The fourth-order valence-electron chi connectivity index (χ4n) is 2.68. The molecule has 21 heavy (non-hydrogen) atoms. The SMILES string of the molecule is CCCCCC[C@@H](CCC)C(=O)OC[C@H]1COC(C)(C)O1. The zero-order chi connectivity index (χ0) is 15.7. The summed E-state index contributed by atoms with van der Waals surface area (Å²) in [4.78, 5) is 12.2. The second-order valence-corrected chi connectivity index (χ2v) is 6.42. The molecule has 0 aromatic carbocycles. The van der Waals surface area contributed by atoms with Crippen LogP contribution in [0.5, 0.6) is 0 Å². The molecule has 0 unspecified atom stereocenters. The maximum atomic E-state index is 12.2. The van der Waals surface area contributed by atoms with Gasteiger partial charge in [-0.25, -0.2) is 0 Å². The van der Waals surface area contributed by atoms with E-state index in [1.807, 2.05) is 13.8 Å². The molecule has 0 amide bonds. The maximum Gasteiger partial charge on any atom is 0.309 e. The van der Waals surface area contributed by atoms with Crippen molar-refractivity contribution in [3.8, 4) is 0 Å². The summed E-state index contributed by atoms with van der Waals surface area (Å²) in [6.45, 7) is 8.86. The maximum absolute atomic E-state index is 12.2. The molecule has 0 aromatic rings. The molecule has 0 radical (unpaired) electrons. The Balaban J connectivity index is 2.28. The zero-order valence-electron chi connectivity index (χ0n) is 14.2. The molecule has 1 fully saturated rings. The van der Waals surface area contributed by atoms with E-state index in [1.54, 1.807) is 0 Å². The Kier molecular flexibility index (Phi) is 8.27. The van der Waals surface area contributed by atoms with Crippen molar-refractivity contribution in [3.05, 3.63) is 0 Å². The van der Waals surface area contributed by atoms with Gasteiger partial charge in [-0.2, -0.15) is 0 Å². The van der Waals surface area contributed by atoms with Crippen molar-refractivity contribution in [2.75, 3.05) is 13.2 Å². The number of hydrogen-bond acceptors (Lipinski definition) is 4. The van der Waals surface area contributed by atoms with Gasteiger partial charge in [-0.15, -0.1) is 0 Å². The lowest BCUT2D eigenvalue weighted by atomic mass is 9.96. The van der Waals surface area contributed by atoms with Crippen LogP contribution in [0.2, 0.25) is 0 Å². The van der Waals surface area contributed by atoms with Gasteiger partial charge in [0.05, 0.1) is 12.5 Å². The Labute approximate surface area is 129 Å². The number of rotatable bonds is 10. The number of carbonyl (C=O) groups is 1. The van der Waals surface area contributed by atoms with Gasteiger partial charge >= 0.3 is 5.97 Å². The molecule has 0 aliphatic carbocycles. The van der Waals surface area contributed by atoms with Gasteiger partial charge in [0, 0.05) is 0 Å². The average molecular weight is 300 g/mol. The van der Waals surface area contributed by atoms with Crippen LogP contribution in [-0.4, -0.2) is 31.1 Å². The van der Waals surface area contributed by atoms with Gasteiger partial charge in [0.15, 0.2) is 5.79 Å². The predicted molar refractivity (Wildman–Crippen MR) is 83.0 cm³/mol. The lowest BCUT2D eigenvalue weighted by Crippen LogP contribution is -2.27. The summed E-state index contributed by atoms with van der Waals surface area (Å²) in [5.74, 6) is -0.580. The second kappa shape index (κ2) is 9.42. The standard InChI is InChI=1S/C17H32O4/c1-5-7-8-9-11-14(10-6-2)16(18)19-12-15-13-20-17(3,4)21-15/h14-15H,5-13H2,1-4H3/t14-,15+/m1/s1. The van der Waals surface area contributed by atoms with Gasteiger partial charge in [0.2, 0.25) is 0 Å². The molecule has 0 aromatic heterocycles. The van der Waals surface area contributed by atoms with Crippen LogP contribution in [-0.2, 0) is 19.0 Å². The Morgan fingerprint density at radius 3 is 2.52 bits per heavy atom. The molecule has 4 heteroatoms. The first-order valence-electron chi connectivity index (χ1n) is 8.47. The van der Waals surface area contributed by atoms with E-state index in [0.29, 0.717) is 13.2 Å². The minimum atomic E-state index is -0.556. The number of carbonyl (C=O) groups excluding carboxylic acids is 1. The predicted octanol–water partition coefficient (Wildman–Crippen LogP) is 4.07. The minimum Gasteiger partial charge on any atom is -0.463 e. The minimum absolute atomic E-state index is 0.0437. The van der Waals surface area contributed by atoms with Crippen LogP contribution in [0.25, 0.3) is 0 Å². The topological polar surface area (TPSA) is 44.8 Å². The Morgan fingerprint density at radius 1 is 1.19 bits per heavy atom. The summed E-state index contributed by atoms with van der Waals surface area (Å²) >= 11 is 0. The Bertz CT molecular complexity index is 301. The van der Waals surface area contributed by atoms with Crippen molar-refractivity contribution in [2.45, 2.75) is 84.5 Å². The molecule has 124 valence electrons. The molecule has 1 rings (SSSR count). The highest BCUT2D eigenvalue weighted by Crippen LogP contribution is 2.23. The van der Waals surface area contributed by atoms with Crippen LogP contribution >= 0.6 is 0 Å². The largest absolute Gasteiger partial charge is 0.463 e. The molecule has 1 heterocycles. The van der Waals surface area contributed by atoms with E-state index >= 15 is 0 Å². The summed E-state index contributed by atoms with van der Waals surface area (Å²) in [7, 11) is 0. The third kappa shape index (κ3) is 7.28. The van der Waals surface area contributed by atoms with E-state index in [9.17, 15) is 4.79 Å². The lowest BCUT2D eigenvalue weighted by Gasteiger charge is -2.19. The molecule has 0 N–H and O–H groups in total. The first-order chi connectivity index (χ1) is 9.98. The number of hydrogen-bond donors (Lipinski definition) is 0.